The zero-order valence-corrected chi connectivity index (χ0v) is 18.3. The van der Waals surface area contributed by atoms with Gasteiger partial charge in [-0.25, -0.2) is 0 Å². The zero-order chi connectivity index (χ0) is 23.0. The number of methoxy groups -OCH3 is 1. The first-order valence-corrected chi connectivity index (χ1v) is 10.0. The Morgan fingerprint density at radius 2 is 1.90 bits per heavy atom. The van der Waals surface area contributed by atoms with E-state index < -0.39 is 10.8 Å². The predicted molar refractivity (Wildman–Crippen MR) is 123 cm³/mol. The van der Waals surface area contributed by atoms with E-state index in [1.165, 1.54) is 25.3 Å². The molecule has 0 aromatic heterocycles. The monoisotopic (exact) mass is 444 g/mol. The summed E-state index contributed by atoms with van der Waals surface area (Å²) in [6.07, 6.45) is 2.16. The SMILES string of the molecule is CCCCC(=O)Nc1ccc(NC(=S)NC(=O)c2ccc([N+](=O)[O-])c(C)c2)cc1OC. The lowest BCUT2D eigenvalue weighted by atomic mass is 10.1. The number of nitrogens with zero attached hydrogens (tertiary/aromatic N) is 1. The number of unbranched alkanes of at least 4 members (excludes halogenated alkanes) is 1. The van der Waals surface area contributed by atoms with Crippen LogP contribution in [-0.4, -0.2) is 29.0 Å². The molecule has 2 aromatic rings. The molecule has 0 spiro atoms. The van der Waals surface area contributed by atoms with Gasteiger partial charge in [-0.05, 0) is 49.8 Å². The number of amides is 2. The largest absolute Gasteiger partial charge is 0.494 e. The molecular formula is C21H24N4O5S. The molecular weight excluding hydrogens is 420 g/mol. The molecule has 0 radical (unpaired) electrons. The van der Waals surface area contributed by atoms with Gasteiger partial charge >= 0.3 is 0 Å². The molecule has 0 heterocycles. The normalized spacial score (nSPS) is 10.2. The Balaban J connectivity index is 2.03. The molecule has 164 valence electrons. The maximum atomic E-state index is 12.4. The van der Waals surface area contributed by atoms with Gasteiger partial charge in [-0.15, -0.1) is 0 Å². The minimum Gasteiger partial charge on any atom is -0.494 e. The van der Waals surface area contributed by atoms with Crippen molar-refractivity contribution in [3.05, 3.63) is 57.6 Å². The lowest BCUT2D eigenvalue weighted by Gasteiger charge is -2.14. The third-order valence-electron chi connectivity index (χ3n) is 4.37. The Morgan fingerprint density at radius 3 is 2.52 bits per heavy atom. The van der Waals surface area contributed by atoms with Gasteiger partial charge < -0.3 is 15.4 Å². The fourth-order valence-electron chi connectivity index (χ4n) is 2.76. The van der Waals surface area contributed by atoms with E-state index in [1.54, 1.807) is 25.1 Å². The number of aryl methyl sites for hydroxylation is 1. The van der Waals surface area contributed by atoms with Crippen LogP contribution in [0.5, 0.6) is 5.75 Å². The average Bonchev–Trinajstić information content (AvgIpc) is 2.72. The molecule has 2 rings (SSSR count). The van der Waals surface area contributed by atoms with Crippen LogP contribution in [0.3, 0.4) is 0 Å². The second kappa shape index (κ2) is 11.0. The highest BCUT2D eigenvalue weighted by Crippen LogP contribution is 2.28. The second-order valence-corrected chi connectivity index (χ2v) is 7.14. The van der Waals surface area contributed by atoms with Crippen LogP contribution in [0, 0.1) is 17.0 Å². The Hall–Kier alpha value is -3.53. The lowest BCUT2D eigenvalue weighted by Crippen LogP contribution is -2.34. The molecule has 3 N–H and O–H groups in total. The number of hydrogen-bond acceptors (Lipinski definition) is 6. The number of ether oxygens (including phenoxy) is 1. The molecule has 0 aliphatic heterocycles. The van der Waals surface area contributed by atoms with Crippen LogP contribution in [0.1, 0.15) is 42.1 Å². The van der Waals surface area contributed by atoms with E-state index in [2.05, 4.69) is 16.0 Å². The fourth-order valence-corrected chi connectivity index (χ4v) is 2.97. The Morgan fingerprint density at radius 1 is 1.16 bits per heavy atom. The van der Waals surface area contributed by atoms with Gasteiger partial charge in [0.2, 0.25) is 5.91 Å². The van der Waals surface area contributed by atoms with Gasteiger partial charge in [0, 0.05) is 35.4 Å². The number of benzene rings is 2. The predicted octanol–water partition coefficient (Wildman–Crippen LogP) is 4.17. The minimum absolute atomic E-state index is 0.0443. The highest BCUT2D eigenvalue weighted by atomic mass is 32.1. The summed E-state index contributed by atoms with van der Waals surface area (Å²) >= 11 is 5.18. The summed E-state index contributed by atoms with van der Waals surface area (Å²) in [5, 5.41) is 19.2. The van der Waals surface area contributed by atoms with Gasteiger partial charge in [0.05, 0.1) is 17.7 Å². The summed E-state index contributed by atoms with van der Waals surface area (Å²) in [4.78, 5) is 34.7. The van der Waals surface area contributed by atoms with Gasteiger partial charge in [0.25, 0.3) is 11.6 Å². The van der Waals surface area contributed by atoms with Crippen molar-refractivity contribution < 1.29 is 19.2 Å². The van der Waals surface area contributed by atoms with Gasteiger partial charge in [-0.1, -0.05) is 13.3 Å². The number of nitrogens with one attached hydrogen (secondary N) is 3. The molecule has 2 aromatic carbocycles. The first kappa shape index (κ1) is 23.7. The van der Waals surface area contributed by atoms with E-state index in [1.807, 2.05) is 6.92 Å². The third kappa shape index (κ3) is 6.75. The van der Waals surface area contributed by atoms with Gasteiger partial charge in [0.1, 0.15) is 5.75 Å². The summed E-state index contributed by atoms with van der Waals surface area (Å²) < 4.78 is 5.33. The molecule has 9 nitrogen and oxygen atoms in total. The number of carbonyl (C=O) groups excluding carboxylic acids is 2. The molecule has 0 bridgehead atoms. The van der Waals surface area contributed by atoms with Crippen molar-refractivity contribution in [3.8, 4) is 5.75 Å². The van der Waals surface area contributed by atoms with Gasteiger partial charge in [-0.2, -0.15) is 0 Å². The van der Waals surface area contributed by atoms with E-state index in [4.69, 9.17) is 17.0 Å². The standard InChI is InChI=1S/C21H24N4O5S/c1-4-5-6-19(26)23-16-9-8-15(12-18(16)30-3)22-21(31)24-20(27)14-7-10-17(25(28)29)13(2)11-14/h7-12H,4-6H2,1-3H3,(H,23,26)(H2,22,24,27,31). The second-order valence-electron chi connectivity index (χ2n) is 6.73. The van der Waals surface area contributed by atoms with E-state index >= 15 is 0 Å². The van der Waals surface area contributed by atoms with Crippen molar-refractivity contribution in [2.24, 2.45) is 0 Å². The minimum atomic E-state index is -0.507. The van der Waals surface area contributed by atoms with Crippen LogP contribution < -0.4 is 20.7 Å². The first-order valence-electron chi connectivity index (χ1n) is 9.60. The maximum Gasteiger partial charge on any atom is 0.272 e. The van der Waals surface area contributed by atoms with Crippen molar-refractivity contribution in [3.63, 3.8) is 0 Å². The molecule has 0 saturated carbocycles. The van der Waals surface area contributed by atoms with E-state index in [0.717, 1.165) is 12.8 Å². The zero-order valence-electron chi connectivity index (χ0n) is 17.5. The number of anilines is 2. The quantitative estimate of drug-likeness (QED) is 0.317. The van der Waals surface area contributed by atoms with Crippen LogP contribution in [0.2, 0.25) is 0 Å². The summed E-state index contributed by atoms with van der Waals surface area (Å²) in [7, 11) is 1.48. The van der Waals surface area contributed by atoms with E-state index in [-0.39, 0.29) is 22.3 Å². The Labute approximate surface area is 185 Å². The molecule has 0 aliphatic carbocycles. The third-order valence-corrected chi connectivity index (χ3v) is 4.58. The van der Waals surface area contributed by atoms with Crippen LogP contribution in [0.4, 0.5) is 17.1 Å². The van der Waals surface area contributed by atoms with Crippen molar-refractivity contribution in [1.29, 1.82) is 0 Å². The summed E-state index contributed by atoms with van der Waals surface area (Å²) in [5.41, 5.74) is 1.64. The summed E-state index contributed by atoms with van der Waals surface area (Å²) in [5.74, 6) is -0.153. The first-order chi connectivity index (χ1) is 14.7. The van der Waals surface area contributed by atoms with Gasteiger partial charge in [0.15, 0.2) is 5.11 Å². The number of rotatable bonds is 8. The maximum absolute atomic E-state index is 12.4. The van der Waals surface area contributed by atoms with Crippen molar-refractivity contribution in [2.45, 2.75) is 33.1 Å². The van der Waals surface area contributed by atoms with E-state index in [9.17, 15) is 19.7 Å². The molecule has 0 atom stereocenters. The Kier molecular flexibility index (Phi) is 8.44. The molecule has 10 heteroatoms. The van der Waals surface area contributed by atoms with Crippen LogP contribution >= 0.6 is 12.2 Å². The number of hydrogen-bond donors (Lipinski definition) is 3. The van der Waals surface area contributed by atoms with Crippen LogP contribution in [-0.2, 0) is 4.79 Å². The van der Waals surface area contributed by atoms with E-state index in [0.29, 0.717) is 29.1 Å². The molecule has 31 heavy (non-hydrogen) atoms. The topological polar surface area (TPSA) is 123 Å². The Bertz CT molecular complexity index is 1010. The molecule has 0 aliphatic rings. The number of thiocarbonyl (C=S) groups is 1. The van der Waals surface area contributed by atoms with Crippen LogP contribution in [0.15, 0.2) is 36.4 Å². The summed E-state index contributed by atoms with van der Waals surface area (Å²) in [6.45, 7) is 3.57. The van der Waals surface area contributed by atoms with Crippen molar-refractivity contribution in [2.75, 3.05) is 17.7 Å². The van der Waals surface area contributed by atoms with Crippen molar-refractivity contribution >= 4 is 46.2 Å². The summed E-state index contributed by atoms with van der Waals surface area (Å²) in [6, 6.07) is 9.07. The lowest BCUT2D eigenvalue weighted by molar-refractivity contribution is -0.385. The molecule has 0 unspecified atom stereocenters. The highest BCUT2D eigenvalue weighted by molar-refractivity contribution is 7.80. The molecule has 2 amide bonds. The molecule has 0 saturated heterocycles. The van der Waals surface area contributed by atoms with Crippen LogP contribution in [0.25, 0.3) is 0 Å². The smallest absolute Gasteiger partial charge is 0.272 e. The highest BCUT2D eigenvalue weighted by Gasteiger charge is 2.15. The van der Waals surface area contributed by atoms with Crippen molar-refractivity contribution in [1.82, 2.24) is 5.32 Å². The number of nitro groups is 1. The van der Waals surface area contributed by atoms with Gasteiger partial charge in [-0.3, -0.25) is 25.0 Å². The fraction of sp³-hybridized carbons (Fsp3) is 0.286. The number of nitro benzene ring substituents is 1. The molecule has 0 fully saturated rings. The average molecular weight is 445 g/mol. The number of carbonyl (C=O) groups is 2.